The summed E-state index contributed by atoms with van der Waals surface area (Å²) in [6.45, 7) is 0. The number of rotatable bonds is 4. The molecule has 3 aromatic heterocycles. The van der Waals surface area contributed by atoms with Gasteiger partial charge in [-0.3, -0.25) is 9.97 Å². The van der Waals surface area contributed by atoms with Crippen LogP contribution < -0.4 is 5.46 Å². The molecule has 0 amide bonds. The van der Waals surface area contributed by atoms with Crippen LogP contribution in [-0.2, 0) is 0 Å². The third-order valence-corrected chi connectivity index (χ3v) is 6.08. The van der Waals surface area contributed by atoms with Gasteiger partial charge < -0.3 is 14.5 Å². The Morgan fingerprint density at radius 3 is 2.06 bits per heavy atom. The molecule has 0 saturated carbocycles. The quantitative estimate of drug-likeness (QED) is 0.374. The first-order valence-electron chi connectivity index (χ1n) is 11.0. The summed E-state index contributed by atoms with van der Waals surface area (Å²) in [4.78, 5) is 8.65. The molecule has 5 nitrogen and oxygen atoms in total. The number of benzene rings is 3. The first-order valence-corrected chi connectivity index (χ1v) is 11.0. The molecule has 6 rings (SSSR count). The van der Waals surface area contributed by atoms with E-state index in [2.05, 4.69) is 16.0 Å². The second kappa shape index (κ2) is 8.26. The lowest BCUT2D eigenvalue weighted by atomic mass is 9.77. The van der Waals surface area contributed by atoms with Gasteiger partial charge in [-0.25, -0.2) is 0 Å². The lowest BCUT2D eigenvalue weighted by Gasteiger charge is -2.09. The standard InChI is InChI=1S/C28H19BN2O3/c32-29(33)25-16-22(15-24-23-3-1-2-4-27(23)34-28(24)25)19-7-5-18(6-8-19)21-9-10-26(31-17-21)20-11-13-30-14-12-20/h1-17,32-33H. The molecule has 0 saturated heterocycles. The molecule has 0 atom stereocenters. The number of furan rings is 1. The van der Waals surface area contributed by atoms with Crippen LogP contribution in [0.15, 0.2) is 108 Å². The molecule has 0 aliphatic heterocycles. The Balaban J connectivity index is 1.37. The number of aromatic nitrogens is 2. The normalized spacial score (nSPS) is 11.2. The average molecular weight is 442 g/mol. The Kier molecular flexibility index (Phi) is 4.95. The van der Waals surface area contributed by atoms with Gasteiger partial charge in [0.1, 0.15) is 11.2 Å². The van der Waals surface area contributed by atoms with Crippen molar-refractivity contribution >= 4 is 34.5 Å². The van der Waals surface area contributed by atoms with E-state index in [1.54, 1.807) is 18.5 Å². The van der Waals surface area contributed by atoms with Gasteiger partial charge in [-0.15, -0.1) is 0 Å². The second-order valence-electron chi connectivity index (χ2n) is 8.16. The minimum Gasteiger partial charge on any atom is -0.456 e. The second-order valence-corrected chi connectivity index (χ2v) is 8.16. The highest BCUT2D eigenvalue weighted by Crippen LogP contribution is 2.32. The fourth-order valence-electron chi connectivity index (χ4n) is 4.33. The molecule has 34 heavy (non-hydrogen) atoms. The molecule has 6 heteroatoms. The molecule has 0 fully saturated rings. The van der Waals surface area contributed by atoms with Crippen molar-refractivity contribution in [2.24, 2.45) is 0 Å². The summed E-state index contributed by atoms with van der Waals surface area (Å²) in [6.07, 6.45) is 5.39. The van der Waals surface area contributed by atoms with Crippen LogP contribution in [-0.4, -0.2) is 27.1 Å². The van der Waals surface area contributed by atoms with Crippen molar-refractivity contribution in [2.75, 3.05) is 0 Å². The Hall–Kier alpha value is -4.26. The van der Waals surface area contributed by atoms with Crippen LogP contribution in [0.25, 0.3) is 55.4 Å². The summed E-state index contributed by atoms with van der Waals surface area (Å²) >= 11 is 0. The molecule has 162 valence electrons. The van der Waals surface area contributed by atoms with Gasteiger partial charge in [0.05, 0.1) is 5.69 Å². The minimum atomic E-state index is -1.63. The maximum absolute atomic E-state index is 10.0. The van der Waals surface area contributed by atoms with Crippen molar-refractivity contribution < 1.29 is 14.5 Å². The van der Waals surface area contributed by atoms with Crippen LogP contribution in [0.4, 0.5) is 0 Å². The van der Waals surface area contributed by atoms with Crippen molar-refractivity contribution in [2.45, 2.75) is 0 Å². The Morgan fingerprint density at radius 2 is 1.35 bits per heavy atom. The number of fused-ring (bicyclic) bond motifs is 3. The highest BCUT2D eigenvalue weighted by atomic mass is 16.4. The van der Waals surface area contributed by atoms with Crippen molar-refractivity contribution in [3.05, 3.63) is 104 Å². The van der Waals surface area contributed by atoms with Gasteiger partial charge in [0.2, 0.25) is 0 Å². The van der Waals surface area contributed by atoms with E-state index < -0.39 is 7.12 Å². The van der Waals surface area contributed by atoms with E-state index in [0.29, 0.717) is 11.0 Å². The van der Waals surface area contributed by atoms with Crippen LogP contribution in [0.5, 0.6) is 0 Å². The molecular weight excluding hydrogens is 423 g/mol. The first kappa shape index (κ1) is 20.4. The summed E-state index contributed by atoms with van der Waals surface area (Å²) in [5.74, 6) is 0. The molecule has 3 heterocycles. The lowest BCUT2D eigenvalue weighted by Crippen LogP contribution is -2.30. The van der Waals surface area contributed by atoms with Gasteiger partial charge in [-0.05, 0) is 47.0 Å². The number of hydrogen-bond acceptors (Lipinski definition) is 5. The molecule has 0 unspecified atom stereocenters. The Morgan fingerprint density at radius 1 is 0.647 bits per heavy atom. The van der Waals surface area contributed by atoms with Crippen LogP contribution in [0.2, 0.25) is 0 Å². The van der Waals surface area contributed by atoms with Gasteiger partial charge in [-0.1, -0.05) is 54.6 Å². The fraction of sp³-hybridized carbons (Fsp3) is 0. The number of hydrogen-bond donors (Lipinski definition) is 2. The summed E-state index contributed by atoms with van der Waals surface area (Å²) in [5.41, 5.74) is 7.43. The van der Waals surface area contributed by atoms with E-state index in [9.17, 15) is 10.0 Å². The topological polar surface area (TPSA) is 79.4 Å². The van der Waals surface area contributed by atoms with Gasteiger partial charge in [-0.2, -0.15) is 0 Å². The average Bonchev–Trinajstić information content (AvgIpc) is 3.27. The summed E-state index contributed by atoms with van der Waals surface area (Å²) in [7, 11) is -1.63. The van der Waals surface area contributed by atoms with Gasteiger partial charge in [0.15, 0.2) is 0 Å². The zero-order chi connectivity index (χ0) is 23.1. The van der Waals surface area contributed by atoms with Crippen LogP contribution in [0.3, 0.4) is 0 Å². The molecule has 0 aliphatic carbocycles. The van der Waals surface area contributed by atoms with E-state index in [1.165, 1.54) is 0 Å². The zero-order valence-corrected chi connectivity index (χ0v) is 18.1. The fourth-order valence-corrected chi connectivity index (χ4v) is 4.33. The maximum atomic E-state index is 10.0. The molecule has 6 aromatic rings. The third kappa shape index (κ3) is 3.55. The van der Waals surface area contributed by atoms with Gasteiger partial charge >= 0.3 is 7.12 Å². The van der Waals surface area contributed by atoms with Gasteiger partial charge in [0.25, 0.3) is 0 Å². The molecule has 0 radical (unpaired) electrons. The highest BCUT2D eigenvalue weighted by Gasteiger charge is 2.21. The molecule has 0 spiro atoms. The summed E-state index contributed by atoms with van der Waals surface area (Å²) in [6, 6.07) is 27.6. The van der Waals surface area contributed by atoms with Crippen molar-refractivity contribution in [3.63, 3.8) is 0 Å². The molecular formula is C28H19BN2O3. The predicted molar refractivity (Wildman–Crippen MR) is 135 cm³/mol. The monoisotopic (exact) mass is 442 g/mol. The largest absolute Gasteiger partial charge is 0.492 e. The van der Waals surface area contributed by atoms with Crippen molar-refractivity contribution in [1.29, 1.82) is 0 Å². The minimum absolute atomic E-state index is 0.351. The highest BCUT2D eigenvalue weighted by molar-refractivity contribution is 6.62. The van der Waals surface area contributed by atoms with Gasteiger partial charge in [0, 0.05) is 46.0 Å². The summed E-state index contributed by atoms with van der Waals surface area (Å²) < 4.78 is 5.92. The van der Waals surface area contributed by atoms with Crippen molar-refractivity contribution in [1.82, 2.24) is 9.97 Å². The molecule has 0 aliphatic rings. The predicted octanol–water partition coefficient (Wildman–Crippen LogP) is 5.06. The van der Waals surface area contributed by atoms with Crippen LogP contribution >= 0.6 is 0 Å². The SMILES string of the molecule is OB(O)c1cc(-c2ccc(-c3ccc(-c4ccncc4)nc3)cc2)cc2c1oc1ccccc12. The van der Waals surface area contributed by atoms with E-state index in [-0.39, 0.29) is 0 Å². The lowest BCUT2D eigenvalue weighted by molar-refractivity contribution is 0.425. The number of para-hydroxylation sites is 1. The van der Waals surface area contributed by atoms with Crippen LogP contribution in [0.1, 0.15) is 0 Å². The van der Waals surface area contributed by atoms with E-state index >= 15 is 0 Å². The number of nitrogens with zero attached hydrogens (tertiary/aromatic N) is 2. The Labute approximate surface area is 196 Å². The van der Waals surface area contributed by atoms with E-state index in [1.807, 2.05) is 79.0 Å². The molecule has 3 aromatic carbocycles. The number of pyridine rings is 2. The molecule has 0 bridgehead atoms. The smallest absolute Gasteiger partial charge is 0.456 e. The third-order valence-electron chi connectivity index (χ3n) is 6.08. The summed E-state index contributed by atoms with van der Waals surface area (Å²) in [5, 5.41) is 21.8. The van der Waals surface area contributed by atoms with Crippen molar-refractivity contribution in [3.8, 4) is 33.5 Å². The Bertz CT molecular complexity index is 1610. The van der Waals surface area contributed by atoms with Crippen LogP contribution in [0, 0.1) is 0 Å². The zero-order valence-electron chi connectivity index (χ0n) is 18.1. The van der Waals surface area contributed by atoms with E-state index in [0.717, 1.165) is 49.9 Å². The molecule has 2 N–H and O–H groups in total. The first-order chi connectivity index (χ1) is 16.7. The van der Waals surface area contributed by atoms with E-state index in [4.69, 9.17) is 4.42 Å². The maximum Gasteiger partial charge on any atom is 0.492 e.